The summed E-state index contributed by atoms with van der Waals surface area (Å²) in [5.74, 6) is 2.44. The third-order valence-corrected chi connectivity index (χ3v) is 6.54. The maximum Gasteiger partial charge on any atom is 0.191 e. The van der Waals surface area contributed by atoms with E-state index in [0.29, 0.717) is 0 Å². The van der Waals surface area contributed by atoms with Gasteiger partial charge in [0.05, 0.1) is 0 Å². The second kappa shape index (κ2) is 9.11. The van der Waals surface area contributed by atoms with Gasteiger partial charge in [0, 0.05) is 17.3 Å². The Morgan fingerprint density at radius 1 is 1.07 bits per heavy atom. The van der Waals surface area contributed by atoms with Crippen LogP contribution in [0.2, 0.25) is 5.02 Å². The largest absolute Gasteiger partial charge is 0.483 e. The predicted molar refractivity (Wildman–Crippen MR) is 124 cm³/mol. The maximum absolute atomic E-state index is 6.12. The molecule has 0 aliphatic heterocycles. The number of halogens is 1. The summed E-state index contributed by atoms with van der Waals surface area (Å²) in [5, 5.41) is 13.1. The van der Waals surface area contributed by atoms with Gasteiger partial charge in [0.15, 0.2) is 17.1 Å². The van der Waals surface area contributed by atoms with Gasteiger partial charge in [-0.15, -0.1) is 10.2 Å². The Balaban J connectivity index is 1.52. The molecule has 4 nitrogen and oxygen atoms in total. The number of nitrogens with zero attached hydrogens (tertiary/aromatic N) is 3. The summed E-state index contributed by atoms with van der Waals surface area (Å²) >= 11 is 7.83. The highest BCUT2D eigenvalue weighted by molar-refractivity contribution is 7.98. The molecule has 0 saturated carbocycles. The fourth-order valence-electron chi connectivity index (χ4n) is 3.51. The first kappa shape index (κ1) is 20.8. The van der Waals surface area contributed by atoms with Crippen molar-refractivity contribution in [3.63, 3.8) is 0 Å². The lowest BCUT2D eigenvalue weighted by molar-refractivity contribution is 0.210. The third-order valence-electron chi connectivity index (χ3n) is 5.10. The molecule has 0 fully saturated rings. The lowest BCUT2D eigenvalue weighted by Crippen LogP contribution is -2.12. The number of aromatic nitrogens is 3. The first-order valence-electron chi connectivity index (χ1n) is 10.0. The fourth-order valence-corrected chi connectivity index (χ4v) is 4.64. The molecular formula is C24H24ClN3OS. The highest BCUT2D eigenvalue weighted by Gasteiger charge is 2.19. The zero-order valence-corrected chi connectivity index (χ0v) is 18.9. The Bertz CT molecular complexity index is 1170. The Kier molecular flexibility index (Phi) is 6.30. The van der Waals surface area contributed by atoms with Crippen molar-refractivity contribution in [3.05, 3.63) is 82.6 Å². The summed E-state index contributed by atoms with van der Waals surface area (Å²) in [6.07, 6.45) is -0.218. The average molecular weight is 438 g/mol. The van der Waals surface area contributed by atoms with E-state index >= 15 is 0 Å². The zero-order valence-electron chi connectivity index (χ0n) is 17.3. The molecule has 0 spiro atoms. The summed E-state index contributed by atoms with van der Waals surface area (Å²) in [7, 11) is 0. The molecule has 0 radical (unpaired) electrons. The second-order valence-corrected chi connectivity index (χ2v) is 8.53. The summed E-state index contributed by atoms with van der Waals surface area (Å²) < 4.78 is 8.25. The quantitative estimate of drug-likeness (QED) is 0.296. The molecule has 0 N–H and O–H groups in total. The lowest BCUT2D eigenvalue weighted by atomic mass is 10.1. The van der Waals surface area contributed by atoms with Crippen LogP contribution in [0.4, 0.5) is 0 Å². The van der Waals surface area contributed by atoms with Gasteiger partial charge < -0.3 is 9.30 Å². The van der Waals surface area contributed by atoms with Gasteiger partial charge in [0.2, 0.25) is 0 Å². The van der Waals surface area contributed by atoms with Crippen LogP contribution in [-0.2, 0) is 12.3 Å². The van der Waals surface area contributed by atoms with Crippen LogP contribution in [0, 0.1) is 6.92 Å². The van der Waals surface area contributed by atoms with Crippen LogP contribution in [0.1, 0.15) is 36.9 Å². The minimum Gasteiger partial charge on any atom is -0.483 e. The smallest absolute Gasteiger partial charge is 0.191 e. The van der Waals surface area contributed by atoms with Crippen molar-refractivity contribution in [1.82, 2.24) is 14.8 Å². The molecule has 0 saturated heterocycles. The van der Waals surface area contributed by atoms with Crippen molar-refractivity contribution in [2.24, 2.45) is 0 Å². The predicted octanol–water partition coefficient (Wildman–Crippen LogP) is 6.85. The number of thioether (sulfide) groups is 1. The number of benzene rings is 3. The summed E-state index contributed by atoms with van der Waals surface area (Å²) in [6, 6.07) is 20.6. The van der Waals surface area contributed by atoms with E-state index in [1.54, 1.807) is 11.8 Å². The third kappa shape index (κ3) is 4.32. The number of fused-ring (bicyclic) bond motifs is 1. The van der Waals surface area contributed by atoms with Crippen molar-refractivity contribution < 1.29 is 4.74 Å². The van der Waals surface area contributed by atoms with Crippen LogP contribution >= 0.6 is 23.4 Å². The molecule has 4 rings (SSSR count). The summed E-state index contributed by atoms with van der Waals surface area (Å²) in [4.78, 5) is 0. The maximum atomic E-state index is 6.12. The molecule has 4 aromatic rings. The van der Waals surface area contributed by atoms with Gasteiger partial charge in [-0.2, -0.15) is 0 Å². The minimum atomic E-state index is -0.218. The highest BCUT2D eigenvalue weighted by atomic mass is 35.5. The van der Waals surface area contributed by atoms with E-state index < -0.39 is 0 Å². The molecule has 1 unspecified atom stereocenters. The van der Waals surface area contributed by atoms with Gasteiger partial charge in [-0.25, -0.2) is 0 Å². The molecule has 0 aliphatic carbocycles. The molecule has 0 bridgehead atoms. The van der Waals surface area contributed by atoms with Gasteiger partial charge in [-0.05, 0) is 60.9 Å². The minimum absolute atomic E-state index is 0.218. The van der Waals surface area contributed by atoms with Gasteiger partial charge in [0.1, 0.15) is 5.75 Å². The number of ether oxygens (including phenoxy) is 1. The van der Waals surface area contributed by atoms with Crippen molar-refractivity contribution in [3.8, 4) is 5.75 Å². The van der Waals surface area contributed by atoms with Crippen LogP contribution < -0.4 is 4.74 Å². The zero-order chi connectivity index (χ0) is 21.1. The molecule has 30 heavy (non-hydrogen) atoms. The SMILES string of the molecule is CCn1c(SCc2cccc3ccccc23)nnc1C(C)Oc1ccc(Cl)c(C)c1. The number of hydrogen-bond donors (Lipinski definition) is 0. The Labute approximate surface area is 186 Å². The van der Waals surface area contributed by atoms with Gasteiger partial charge in [-0.1, -0.05) is 65.8 Å². The second-order valence-electron chi connectivity index (χ2n) is 7.18. The molecular weight excluding hydrogens is 414 g/mol. The Morgan fingerprint density at radius 3 is 2.67 bits per heavy atom. The van der Waals surface area contributed by atoms with E-state index in [2.05, 4.69) is 64.2 Å². The molecule has 1 aromatic heterocycles. The normalized spacial score (nSPS) is 12.3. The monoisotopic (exact) mass is 437 g/mol. The highest BCUT2D eigenvalue weighted by Crippen LogP contribution is 2.30. The number of hydrogen-bond acceptors (Lipinski definition) is 4. The van der Waals surface area contributed by atoms with E-state index in [-0.39, 0.29) is 6.10 Å². The van der Waals surface area contributed by atoms with E-state index in [9.17, 15) is 0 Å². The van der Waals surface area contributed by atoms with Crippen molar-refractivity contribution in [1.29, 1.82) is 0 Å². The first-order chi connectivity index (χ1) is 14.6. The van der Waals surface area contributed by atoms with E-state index in [0.717, 1.165) is 39.6 Å². The Morgan fingerprint density at radius 2 is 1.87 bits per heavy atom. The number of rotatable bonds is 7. The van der Waals surface area contributed by atoms with Crippen molar-refractivity contribution >= 4 is 34.1 Å². The van der Waals surface area contributed by atoms with Crippen LogP contribution in [0.15, 0.2) is 65.8 Å². The lowest BCUT2D eigenvalue weighted by Gasteiger charge is -2.16. The van der Waals surface area contributed by atoms with Crippen LogP contribution in [0.5, 0.6) is 5.75 Å². The molecule has 6 heteroatoms. The number of aryl methyl sites for hydroxylation is 1. The average Bonchev–Trinajstić information content (AvgIpc) is 3.18. The Hall–Kier alpha value is -2.50. The molecule has 1 heterocycles. The van der Waals surface area contributed by atoms with Crippen LogP contribution in [-0.4, -0.2) is 14.8 Å². The first-order valence-corrected chi connectivity index (χ1v) is 11.4. The molecule has 154 valence electrons. The van der Waals surface area contributed by atoms with Crippen molar-refractivity contribution in [2.75, 3.05) is 0 Å². The van der Waals surface area contributed by atoms with Crippen molar-refractivity contribution in [2.45, 2.75) is 44.3 Å². The van der Waals surface area contributed by atoms with Gasteiger partial charge in [0.25, 0.3) is 0 Å². The standard InChI is InChI=1S/C24H24ClN3OS/c1-4-28-23(17(3)29-20-12-13-22(25)16(2)14-20)26-27-24(28)30-15-19-10-7-9-18-8-5-6-11-21(18)19/h5-14,17H,4,15H2,1-3H3. The molecule has 3 aromatic carbocycles. The van der Waals surface area contributed by atoms with Crippen LogP contribution in [0.3, 0.4) is 0 Å². The van der Waals surface area contributed by atoms with Crippen LogP contribution in [0.25, 0.3) is 10.8 Å². The van der Waals surface area contributed by atoms with Gasteiger partial charge >= 0.3 is 0 Å². The van der Waals surface area contributed by atoms with E-state index in [4.69, 9.17) is 16.3 Å². The fraction of sp³-hybridized carbons (Fsp3) is 0.250. The van der Waals surface area contributed by atoms with Gasteiger partial charge in [-0.3, -0.25) is 0 Å². The summed E-state index contributed by atoms with van der Waals surface area (Å²) in [6.45, 7) is 6.86. The topological polar surface area (TPSA) is 39.9 Å². The summed E-state index contributed by atoms with van der Waals surface area (Å²) in [5.41, 5.74) is 2.29. The van der Waals surface area contributed by atoms with E-state index in [1.165, 1.54) is 16.3 Å². The molecule has 1 atom stereocenters. The molecule has 0 aliphatic rings. The molecule has 0 amide bonds. The van der Waals surface area contributed by atoms with E-state index in [1.807, 2.05) is 32.0 Å².